The topological polar surface area (TPSA) is 87.7 Å². The number of carbonyl (C=O) groups is 2. The summed E-state index contributed by atoms with van der Waals surface area (Å²) in [5.41, 5.74) is 1.32. The van der Waals surface area contributed by atoms with Crippen LogP contribution in [0, 0.1) is 5.92 Å². The molecule has 0 saturated carbocycles. The summed E-state index contributed by atoms with van der Waals surface area (Å²) in [6.07, 6.45) is -0.819. The van der Waals surface area contributed by atoms with Crippen molar-refractivity contribution in [1.82, 2.24) is 14.8 Å². The third kappa shape index (κ3) is 6.76. The number of hydrogen-bond acceptors (Lipinski definition) is 4. The van der Waals surface area contributed by atoms with Gasteiger partial charge in [0.15, 0.2) is 0 Å². The molecule has 0 fully saturated rings. The number of alkyl halides is 3. The van der Waals surface area contributed by atoms with Gasteiger partial charge in [-0.1, -0.05) is 0 Å². The highest BCUT2D eigenvalue weighted by Gasteiger charge is 2.38. The maximum Gasteiger partial charge on any atom is 0.490 e. The zero-order valence-corrected chi connectivity index (χ0v) is 15.3. The van der Waals surface area contributed by atoms with Crippen LogP contribution in [-0.4, -0.2) is 46.2 Å². The molecule has 1 aliphatic rings. The largest absolute Gasteiger partial charge is 0.490 e. The minimum atomic E-state index is -5.08. The Bertz CT molecular complexity index is 771. The Balaban J connectivity index is 0.000000345. The molecule has 2 N–H and O–H groups in total. The molecule has 3 rings (SSSR count). The molecular formula is C18H22F3N3O4. The molecule has 0 radical (unpaired) electrons. The van der Waals surface area contributed by atoms with Gasteiger partial charge in [-0.2, -0.15) is 13.2 Å². The van der Waals surface area contributed by atoms with Crippen molar-refractivity contribution < 1.29 is 32.3 Å². The molecule has 0 bridgehead atoms. The first kappa shape index (κ1) is 21.5. The second-order valence-electron chi connectivity index (χ2n) is 6.58. The van der Waals surface area contributed by atoms with Gasteiger partial charge in [0.2, 0.25) is 5.91 Å². The molecule has 3 heterocycles. The number of rotatable bonds is 4. The number of aromatic nitrogens is 1. The summed E-state index contributed by atoms with van der Waals surface area (Å²) in [5, 5.41) is 10.0. The average Bonchev–Trinajstić information content (AvgIpc) is 3.22. The molecule has 1 aliphatic heterocycles. The molecule has 0 aliphatic carbocycles. The number of carbonyl (C=O) groups excluding carboxylic acids is 1. The quantitative estimate of drug-likeness (QED) is 0.822. The van der Waals surface area contributed by atoms with Crippen LogP contribution in [0.4, 0.5) is 13.2 Å². The van der Waals surface area contributed by atoms with E-state index in [9.17, 15) is 18.0 Å². The van der Waals surface area contributed by atoms with Gasteiger partial charge in [0.25, 0.3) is 0 Å². The van der Waals surface area contributed by atoms with Gasteiger partial charge in [-0.3, -0.25) is 4.79 Å². The van der Waals surface area contributed by atoms with Crippen molar-refractivity contribution in [3.8, 4) is 0 Å². The van der Waals surface area contributed by atoms with Gasteiger partial charge >= 0.3 is 12.1 Å². The molecular weight excluding hydrogens is 379 g/mol. The van der Waals surface area contributed by atoms with Gasteiger partial charge < -0.3 is 24.3 Å². The fraction of sp³-hybridized carbons (Fsp3) is 0.444. The minimum absolute atomic E-state index is 0.0837. The second kappa shape index (κ2) is 9.45. The number of fused-ring (bicyclic) bond motifs is 1. The zero-order valence-electron chi connectivity index (χ0n) is 15.3. The number of amides is 1. The number of nitrogens with zero attached hydrogens (tertiary/aromatic N) is 2. The van der Waals surface area contributed by atoms with E-state index in [4.69, 9.17) is 14.3 Å². The van der Waals surface area contributed by atoms with E-state index in [2.05, 4.69) is 40.2 Å². The SMILES string of the molecule is CN1Cc2cccn2CC(CC(=O)NCc2ccco2)C1.O=C(O)C(F)(F)F. The Labute approximate surface area is 159 Å². The summed E-state index contributed by atoms with van der Waals surface area (Å²) in [6, 6.07) is 7.92. The van der Waals surface area contributed by atoms with Crippen molar-refractivity contribution in [3.05, 3.63) is 48.2 Å². The fourth-order valence-electron chi connectivity index (χ4n) is 2.95. The van der Waals surface area contributed by atoms with Crippen molar-refractivity contribution in [3.63, 3.8) is 0 Å². The third-order valence-corrected chi connectivity index (χ3v) is 4.14. The summed E-state index contributed by atoms with van der Waals surface area (Å²) < 4.78 is 39.2. The van der Waals surface area contributed by atoms with E-state index in [0.717, 1.165) is 25.4 Å². The first-order valence-corrected chi connectivity index (χ1v) is 8.57. The van der Waals surface area contributed by atoms with Crippen LogP contribution in [0.2, 0.25) is 0 Å². The van der Waals surface area contributed by atoms with Gasteiger partial charge in [-0.05, 0) is 37.2 Å². The Morgan fingerprint density at radius 3 is 2.61 bits per heavy atom. The molecule has 28 heavy (non-hydrogen) atoms. The molecule has 1 unspecified atom stereocenters. The number of hydrogen-bond donors (Lipinski definition) is 2. The van der Waals surface area contributed by atoms with Crippen molar-refractivity contribution in [2.24, 2.45) is 5.92 Å². The fourth-order valence-corrected chi connectivity index (χ4v) is 2.95. The summed E-state index contributed by atoms with van der Waals surface area (Å²) in [6.45, 7) is 3.25. The van der Waals surface area contributed by atoms with Crippen LogP contribution in [0.15, 0.2) is 41.1 Å². The van der Waals surface area contributed by atoms with Crippen LogP contribution < -0.4 is 5.32 Å². The van der Waals surface area contributed by atoms with Gasteiger partial charge in [-0.15, -0.1) is 0 Å². The van der Waals surface area contributed by atoms with E-state index in [0.29, 0.717) is 18.9 Å². The van der Waals surface area contributed by atoms with Crippen LogP contribution in [-0.2, 0) is 29.2 Å². The monoisotopic (exact) mass is 401 g/mol. The van der Waals surface area contributed by atoms with E-state index in [-0.39, 0.29) is 5.91 Å². The highest BCUT2D eigenvalue weighted by molar-refractivity contribution is 5.76. The van der Waals surface area contributed by atoms with E-state index in [1.807, 2.05) is 12.1 Å². The molecule has 0 spiro atoms. The molecule has 10 heteroatoms. The van der Waals surface area contributed by atoms with Crippen molar-refractivity contribution >= 4 is 11.9 Å². The van der Waals surface area contributed by atoms with Gasteiger partial charge in [0.05, 0.1) is 12.8 Å². The number of furan rings is 1. The number of carboxylic acids is 1. The average molecular weight is 401 g/mol. The summed E-state index contributed by atoms with van der Waals surface area (Å²) in [5.74, 6) is -1.55. The zero-order chi connectivity index (χ0) is 20.7. The summed E-state index contributed by atoms with van der Waals surface area (Å²) in [4.78, 5) is 23.3. The molecule has 0 aromatic carbocycles. The van der Waals surface area contributed by atoms with Gasteiger partial charge in [0.1, 0.15) is 5.76 Å². The Morgan fingerprint density at radius 2 is 2.00 bits per heavy atom. The van der Waals surface area contributed by atoms with Crippen LogP contribution >= 0.6 is 0 Å². The maximum atomic E-state index is 12.1. The molecule has 1 amide bonds. The lowest BCUT2D eigenvalue weighted by Crippen LogP contribution is -2.30. The second-order valence-corrected chi connectivity index (χ2v) is 6.58. The van der Waals surface area contributed by atoms with E-state index < -0.39 is 12.1 Å². The Kier molecular flexibility index (Phi) is 7.27. The molecule has 1 atom stereocenters. The number of nitrogens with one attached hydrogen (secondary N) is 1. The maximum absolute atomic E-state index is 12.1. The van der Waals surface area contributed by atoms with Gasteiger partial charge in [0, 0.05) is 37.9 Å². The number of halogens is 3. The highest BCUT2D eigenvalue weighted by atomic mass is 19.4. The van der Waals surface area contributed by atoms with E-state index in [1.54, 1.807) is 6.26 Å². The molecule has 7 nitrogen and oxygen atoms in total. The number of carboxylic acid groups (broad SMARTS) is 1. The normalized spacial score (nSPS) is 17.1. The Morgan fingerprint density at radius 1 is 1.29 bits per heavy atom. The smallest absolute Gasteiger partial charge is 0.475 e. The Hall–Kier alpha value is -2.75. The molecule has 154 valence electrons. The lowest BCUT2D eigenvalue weighted by atomic mass is 10.0. The van der Waals surface area contributed by atoms with Crippen molar-refractivity contribution in [2.75, 3.05) is 13.6 Å². The molecule has 2 aromatic heterocycles. The standard InChI is InChI=1S/C16H21N3O2.C2HF3O2/c1-18-10-13(11-19-6-2-4-14(19)12-18)8-16(20)17-9-15-5-3-7-21-15;3-2(4,5)1(6)7/h2-7,13H,8-12H2,1H3,(H,17,20);(H,6,7). The molecule has 0 saturated heterocycles. The van der Waals surface area contributed by atoms with Crippen molar-refractivity contribution in [1.29, 1.82) is 0 Å². The highest BCUT2D eigenvalue weighted by Crippen LogP contribution is 2.18. The van der Waals surface area contributed by atoms with Crippen LogP contribution in [0.25, 0.3) is 0 Å². The van der Waals surface area contributed by atoms with E-state index >= 15 is 0 Å². The predicted octanol–water partition coefficient (Wildman–Crippen LogP) is 2.48. The van der Waals surface area contributed by atoms with Crippen LogP contribution in [0.3, 0.4) is 0 Å². The summed E-state index contributed by atoms with van der Waals surface area (Å²) >= 11 is 0. The lowest BCUT2D eigenvalue weighted by molar-refractivity contribution is -0.192. The van der Waals surface area contributed by atoms with Crippen LogP contribution in [0.5, 0.6) is 0 Å². The molecule has 2 aromatic rings. The van der Waals surface area contributed by atoms with Gasteiger partial charge in [-0.25, -0.2) is 4.79 Å². The van der Waals surface area contributed by atoms with Crippen LogP contribution in [0.1, 0.15) is 17.9 Å². The predicted molar refractivity (Wildman–Crippen MR) is 93.1 cm³/mol. The lowest BCUT2D eigenvalue weighted by Gasteiger charge is -2.19. The third-order valence-electron chi connectivity index (χ3n) is 4.14. The minimum Gasteiger partial charge on any atom is -0.475 e. The first-order valence-electron chi connectivity index (χ1n) is 8.57. The summed E-state index contributed by atoms with van der Waals surface area (Å²) in [7, 11) is 2.11. The van der Waals surface area contributed by atoms with Crippen molar-refractivity contribution in [2.45, 2.75) is 32.2 Å². The van der Waals surface area contributed by atoms with E-state index in [1.165, 1.54) is 5.69 Å². The first-order chi connectivity index (χ1) is 13.1. The number of aliphatic carboxylic acids is 1.